The third kappa shape index (κ3) is 4.78. The fourth-order valence-corrected chi connectivity index (χ4v) is 1.66. The number of nitrogens with one attached hydrogen (secondary N) is 2. The van der Waals surface area contributed by atoms with Gasteiger partial charge in [-0.3, -0.25) is 4.79 Å². The number of aromatic nitrogens is 1. The second-order valence-corrected chi connectivity index (χ2v) is 4.29. The zero-order chi connectivity index (χ0) is 13.5. The molecule has 98 valence electrons. The number of carbonyl (C=O) groups excluding carboxylic acids is 2. The summed E-state index contributed by atoms with van der Waals surface area (Å²) in [7, 11) is 0. The smallest absolute Gasteiger partial charge is 0.326 e. The van der Waals surface area contributed by atoms with E-state index < -0.39 is 30.4 Å². The van der Waals surface area contributed by atoms with Gasteiger partial charge in [-0.15, -0.1) is 11.3 Å². The van der Waals surface area contributed by atoms with Crippen LogP contribution in [0.5, 0.6) is 0 Å². The number of rotatable bonds is 6. The van der Waals surface area contributed by atoms with Crippen molar-refractivity contribution in [1.29, 1.82) is 0 Å². The second-order valence-electron chi connectivity index (χ2n) is 3.31. The minimum absolute atomic E-state index is 0.187. The average Bonchev–Trinajstić information content (AvgIpc) is 2.77. The Hall–Kier alpha value is -2.16. The van der Waals surface area contributed by atoms with E-state index in [9.17, 15) is 14.4 Å². The number of carboxylic acids is 1. The summed E-state index contributed by atoms with van der Waals surface area (Å²) < 4.78 is 0. The van der Waals surface area contributed by atoms with E-state index in [0.717, 1.165) is 0 Å². The van der Waals surface area contributed by atoms with Crippen LogP contribution in [0.25, 0.3) is 0 Å². The van der Waals surface area contributed by atoms with Crippen molar-refractivity contribution < 1.29 is 19.5 Å². The summed E-state index contributed by atoms with van der Waals surface area (Å²) in [5, 5.41) is 15.8. The minimum Gasteiger partial charge on any atom is -0.480 e. The molecule has 1 atom stereocenters. The molecule has 0 aromatic carbocycles. The number of carboxylic acid groups (broad SMARTS) is 1. The molecule has 1 aromatic heterocycles. The quantitative estimate of drug-likeness (QED) is 0.541. The molecule has 18 heavy (non-hydrogen) atoms. The van der Waals surface area contributed by atoms with E-state index in [1.165, 1.54) is 11.3 Å². The molecular weight excluding hydrogens is 260 g/mol. The molecule has 5 N–H and O–H groups in total. The maximum atomic E-state index is 11.4. The summed E-state index contributed by atoms with van der Waals surface area (Å²) in [5.74, 6) is -2.12. The molecule has 9 heteroatoms. The highest BCUT2D eigenvalue weighted by molar-refractivity contribution is 7.09. The lowest BCUT2D eigenvalue weighted by molar-refractivity contribution is -0.140. The predicted molar refractivity (Wildman–Crippen MR) is 62.7 cm³/mol. The van der Waals surface area contributed by atoms with Gasteiger partial charge < -0.3 is 21.5 Å². The van der Waals surface area contributed by atoms with Crippen LogP contribution in [-0.4, -0.2) is 34.0 Å². The van der Waals surface area contributed by atoms with Gasteiger partial charge in [0.25, 0.3) is 0 Å². The Morgan fingerprint density at radius 3 is 2.72 bits per heavy atom. The predicted octanol–water partition coefficient (Wildman–Crippen LogP) is -0.729. The number of nitrogens with zero attached hydrogens (tertiary/aromatic N) is 1. The Morgan fingerprint density at radius 1 is 1.50 bits per heavy atom. The fourth-order valence-electron chi connectivity index (χ4n) is 1.11. The van der Waals surface area contributed by atoms with E-state index in [4.69, 9.17) is 10.8 Å². The first-order chi connectivity index (χ1) is 8.49. The molecule has 0 aliphatic heterocycles. The highest BCUT2D eigenvalue weighted by Crippen LogP contribution is 2.02. The van der Waals surface area contributed by atoms with E-state index in [1.54, 1.807) is 11.6 Å². The van der Waals surface area contributed by atoms with E-state index in [0.29, 0.717) is 5.01 Å². The van der Waals surface area contributed by atoms with Gasteiger partial charge in [-0.1, -0.05) is 0 Å². The Bertz CT molecular complexity index is 434. The van der Waals surface area contributed by atoms with Crippen molar-refractivity contribution in [3.8, 4) is 0 Å². The van der Waals surface area contributed by atoms with Crippen LogP contribution >= 0.6 is 11.3 Å². The summed E-state index contributed by atoms with van der Waals surface area (Å²) in [6, 6.07) is -2.03. The summed E-state index contributed by atoms with van der Waals surface area (Å²) in [6.07, 6.45) is 1.13. The minimum atomic E-state index is -1.33. The van der Waals surface area contributed by atoms with Crippen LogP contribution in [-0.2, 0) is 16.1 Å². The monoisotopic (exact) mass is 272 g/mol. The van der Waals surface area contributed by atoms with E-state index in [2.05, 4.69) is 15.6 Å². The number of hydrogen-bond acceptors (Lipinski definition) is 5. The first kappa shape index (κ1) is 13.9. The molecule has 0 radical (unpaired) electrons. The molecule has 0 saturated heterocycles. The largest absolute Gasteiger partial charge is 0.480 e. The SMILES string of the molecule is NC(=O)C[C@@H](NC(=O)NCc1nccs1)C(=O)O. The first-order valence-electron chi connectivity index (χ1n) is 4.93. The van der Waals surface area contributed by atoms with Crippen molar-refractivity contribution in [2.45, 2.75) is 19.0 Å². The van der Waals surface area contributed by atoms with Gasteiger partial charge in [-0.05, 0) is 0 Å². The molecule has 0 aliphatic rings. The van der Waals surface area contributed by atoms with Crippen molar-refractivity contribution in [1.82, 2.24) is 15.6 Å². The van der Waals surface area contributed by atoms with Crippen LogP contribution in [0, 0.1) is 0 Å². The molecule has 1 heterocycles. The van der Waals surface area contributed by atoms with Crippen LogP contribution < -0.4 is 16.4 Å². The molecular formula is C9H12N4O4S. The standard InChI is InChI=1S/C9H12N4O4S/c10-6(14)3-5(8(15)16)13-9(17)12-4-7-11-1-2-18-7/h1-2,5H,3-4H2,(H2,10,14)(H,15,16)(H2,12,13,17)/t5-/m1/s1. The third-order valence-corrected chi connectivity index (χ3v) is 2.67. The highest BCUT2D eigenvalue weighted by Gasteiger charge is 2.21. The summed E-state index contributed by atoms with van der Waals surface area (Å²) >= 11 is 1.36. The molecule has 8 nitrogen and oxygen atoms in total. The zero-order valence-electron chi connectivity index (χ0n) is 9.25. The number of aliphatic carboxylic acids is 1. The molecule has 1 rings (SSSR count). The topological polar surface area (TPSA) is 134 Å². The molecule has 0 bridgehead atoms. The molecule has 1 aromatic rings. The molecule has 0 saturated carbocycles. The van der Waals surface area contributed by atoms with E-state index in [-0.39, 0.29) is 6.54 Å². The third-order valence-electron chi connectivity index (χ3n) is 1.89. The highest BCUT2D eigenvalue weighted by atomic mass is 32.1. The second kappa shape index (κ2) is 6.55. The van der Waals surface area contributed by atoms with Crippen LogP contribution in [0.1, 0.15) is 11.4 Å². The van der Waals surface area contributed by atoms with Gasteiger partial charge in [0.1, 0.15) is 11.0 Å². The molecule has 0 fully saturated rings. The van der Waals surface area contributed by atoms with Crippen molar-refractivity contribution in [3.05, 3.63) is 16.6 Å². The van der Waals surface area contributed by atoms with Crippen LogP contribution in [0.15, 0.2) is 11.6 Å². The van der Waals surface area contributed by atoms with Crippen molar-refractivity contribution in [2.75, 3.05) is 0 Å². The number of thiazole rings is 1. The lowest BCUT2D eigenvalue weighted by atomic mass is 10.2. The molecule has 0 unspecified atom stereocenters. The number of nitrogens with two attached hydrogens (primary N) is 1. The lowest BCUT2D eigenvalue weighted by Crippen LogP contribution is -2.47. The van der Waals surface area contributed by atoms with Gasteiger partial charge in [0.2, 0.25) is 5.91 Å². The summed E-state index contributed by atoms with van der Waals surface area (Å²) in [4.78, 5) is 36.7. The number of primary amides is 1. The Morgan fingerprint density at radius 2 is 2.22 bits per heavy atom. The number of urea groups is 1. The van der Waals surface area contributed by atoms with E-state index >= 15 is 0 Å². The van der Waals surface area contributed by atoms with Crippen LogP contribution in [0.2, 0.25) is 0 Å². The van der Waals surface area contributed by atoms with Gasteiger partial charge >= 0.3 is 12.0 Å². The maximum Gasteiger partial charge on any atom is 0.326 e. The van der Waals surface area contributed by atoms with Gasteiger partial charge in [0, 0.05) is 11.6 Å². The van der Waals surface area contributed by atoms with Crippen molar-refractivity contribution >= 4 is 29.2 Å². The molecule has 0 aliphatic carbocycles. The number of hydrogen-bond donors (Lipinski definition) is 4. The lowest BCUT2D eigenvalue weighted by Gasteiger charge is -2.13. The number of amides is 3. The summed E-state index contributed by atoms with van der Waals surface area (Å²) in [5.41, 5.74) is 4.88. The van der Waals surface area contributed by atoms with E-state index in [1.807, 2.05) is 0 Å². The Labute approximate surface area is 106 Å². The van der Waals surface area contributed by atoms with Crippen LogP contribution in [0.4, 0.5) is 4.79 Å². The van der Waals surface area contributed by atoms with Gasteiger partial charge in [0.05, 0.1) is 13.0 Å². The number of carbonyl (C=O) groups is 3. The van der Waals surface area contributed by atoms with Crippen LogP contribution in [0.3, 0.4) is 0 Å². The van der Waals surface area contributed by atoms with Crippen molar-refractivity contribution in [3.63, 3.8) is 0 Å². The average molecular weight is 272 g/mol. The van der Waals surface area contributed by atoms with Gasteiger partial charge in [0.15, 0.2) is 0 Å². The fraction of sp³-hybridized carbons (Fsp3) is 0.333. The molecule has 3 amide bonds. The first-order valence-corrected chi connectivity index (χ1v) is 5.81. The van der Waals surface area contributed by atoms with Gasteiger partial charge in [-0.2, -0.15) is 0 Å². The zero-order valence-corrected chi connectivity index (χ0v) is 10.1. The normalized spacial score (nSPS) is 11.6. The Kier molecular flexibility index (Phi) is 5.06. The summed E-state index contributed by atoms with van der Waals surface area (Å²) in [6.45, 7) is 0.187. The van der Waals surface area contributed by atoms with Gasteiger partial charge in [-0.25, -0.2) is 14.6 Å². The maximum absolute atomic E-state index is 11.4. The Balaban J connectivity index is 2.41. The molecule has 0 spiro atoms. The van der Waals surface area contributed by atoms with Crippen molar-refractivity contribution in [2.24, 2.45) is 5.73 Å².